The van der Waals surface area contributed by atoms with Crippen LogP contribution in [0.4, 0.5) is 0 Å². The summed E-state index contributed by atoms with van der Waals surface area (Å²) in [7, 11) is -3.68. The van der Waals surface area contributed by atoms with Gasteiger partial charge in [0.15, 0.2) is 0 Å². The molecule has 1 amide bonds. The molecule has 1 saturated heterocycles. The second kappa shape index (κ2) is 10.2. The minimum absolute atomic E-state index is 0. The fourth-order valence-electron chi connectivity index (χ4n) is 2.43. The fraction of sp³-hybridized carbons (Fsp3) is 0.533. The van der Waals surface area contributed by atoms with Crippen molar-refractivity contribution in [3.8, 4) is 5.75 Å². The van der Waals surface area contributed by atoms with Crippen molar-refractivity contribution in [2.75, 3.05) is 31.2 Å². The third-order valence-electron chi connectivity index (χ3n) is 3.68. The van der Waals surface area contributed by atoms with E-state index in [1.54, 1.807) is 12.1 Å². The molecule has 1 aliphatic rings. The standard InChI is InChI=1S/C15H23N3O4S2.ClH/c16-12-2-1-7-18(10-12)15(19)11-23-9-8-22-13-3-5-14(6-4-13)24(17,20)21;/h3-6,12H,1-2,7-11,16H2,(H2,17,20,21);1H. The van der Waals surface area contributed by atoms with Crippen molar-refractivity contribution in [2.45, 2.75) is 23.8 Å². The Hall–Kier alpha value is -1.00. The second-order valence-corrected chi connectivity index (χ2v) is 8.33. The van der Waals surface area contributed by atoms with E-state index in [0.717, 1.165) is 19.4 Å². The molecule has 7 nitrogen and oxygen atoms in total. The normalized spacial score (nSPS) is 17.7. The van der Waals surface area contributed by atoms with Crippen LogP contribution in [0.15, 0.2) is 29.2 Å². The van der Waals surface area contributed by atoms with E-state index in [4.69, 9.17) is 15.6 Å². The fourth-order valence-corrected chi connectivity index (χ4v) is 3.65. The summed E-state index contributed by atoms with van der Waals surface area (Å²) in [6.45, 7) is 1.87. The second-order valence-electron chi connectivity index (χ2n) is 5.66. The van der Waals surface area contributed by atoms with Crippen molar-refractivity contribution in [2.24, 2.45) is 10.9 Å². The van der Waals surface area contributed by atoms with E-state index in [1.165, 1.54) is 23.9 Å². The first-order valence-corrected chi connectivity index (χ1v) is 10.4. The Morgan fingerprint density at radius 3 is 2.60 bits per heavy atom. The molecule has 1 atom stereocenters. The number of likely N-dealkylation sites (tertiary alicyclic amines) is 1. The number of benzene rings is 1. The number of carbonyl (C=O) groups excluding carboxylic acids is 1. The first-order valence-electron chi connectivity index (χ1n) is 7.73. The van der Waals surface area contributed by atoms with Crippen molar-refractivity contribution < 1.29 is 17.9 Å². The highest BCUT2D eigenvalue weighted by Crippen LogP contribution is 2.15. The Balaban J connectivity index is 0.00000312. The van der Waals surface area contributed by atoms with Crippen LogP contribution in [-0.4, -0.2) is 56.5 Å². The minimum atomic E-state index is -3.68. The molecule has 0 spiro atoms. The van der Waals surface area contributed by atoms with E-state index < -0.39 is 10.0 Å². The Morgan fingerprint density at radius 2 is 2.00 bits per heavy atom. The van der Waals surface area contributed by atoms with E-state index in [1.807, 2.05) is 4.90 Å². The predicted octanol–water partition coefficient (Wildman–Crippen LogP) is 0.818. The number of ether oxygens (including phenoxy) is 1. The van der Waals surface area contributed by atoms with Crippen LogP contribution in [0.25, 0.3) is 0 Å². The number of sulfonamides is 1. The van der Waals surface area contributed by atoms with Gasteiger partial charge in [-0.15, -0.1) is 24.2 Å². The van der Waals surface area contributed by atoms with Gasteiger partial charge < -0.3 is 15.4 Å². The van der Waals surface area contributed by atoms with Crippen LogP contribution in [0.3, 0.4) is 0 Å². The Labute approximate surface area is 158 Å². The summed E-state index contributed by atoms with van der Waals surface area (Å²) in [5.41, 5.74) is 5.87. The van der Waals surface area contributed by atoms with Gasteiger partial charge in [-0.25, -0.2) is 13.6 Å². The van der Waals surface area contributed by atoms with Gasteiger partial charge in [-0.2, -0.15) is 0 Å². The van der Waals surface area contributed by atoms with Crippen molar-refractivity contribution in [3.05, 3.63) is 24.3 Å². The van der Waals surface area contributed by atoms with Crippen molar-refractivity contribution >= 4 is 40.1 Å². The number of hydrogen-bond donors (Lipinski definition) is 2. The molecule has 142 valence electrons. The zero-order valence-electron chi connectivity index (χ0n) is 13.8. The summed E-state index contributed by atoms with van der Waals surface area (Å²) in [6.07, 6.45) is 1.95. The third-order valence-corrected chi connectivity index (χ3v) is 5.52. The highest BCUT2D eigenvalue weighted by molar-refractivity contribution is 7.99. The number of rotatable bonds is 7. The maximum absolute atomic E-state index is 12.0. The largest absolute Gasteiger partial charge is 0.493 e. The molecular formula is C15H24ClN3O4S2. The highest BCUT2D eigenvalue weighted by Gasteiger charge is 2.20. The van der Waals surface area contributed by atoms with Crippen molar-refractivity contribution in [1.29, 1.82) is 0 Å². The lowest BCUT2D eigenvalue weighted by molar-refractivity contribution is -0.129. The Bertz CT molecular complexity index is 655. The summed E-state index contributed by atoms with van der Waals surface area (Å²) < 4.78 is 27.8. The van der Waals surface area contributed by atoms with Crippen molar-refractivity contribution in [3.63, 3.8) is 0 Å². The quantitative estimate of drug-likeness (QED) is 0.644. The number of thioether (sulfide) groups is 1. The summed E-state index contributed by atoms with van der Waals surface area (Å²) in [6, 6.07) is 6.02. The predicted molar refractivity (Wildman–Crippen MR) is 102 cm³/mol. The molecule has 1 aromatic rings. The lowest BCUT2D eigenvalue weighted by Gasteiger charge is -2.30. The van der Waals surface area contributed by atoms with Crippen LogP contribution >= 0.6 is 24.2 Å². The van der Waals surface area contributed by atoms with Crippen LogP contribution < -0.4 is 15.6 Å². The third kappa shape index (κ3) is 7.41. The van der Waals surface area contributed by atoms with Crippen LogP contribution in [0.5, 0.6) is 5.75 Å². The van der Waals surface area contributed by atoms with Gasteiger partial charge in [0.25, 0.3) is 0 Å². The number of nitrogens with zero attached hydrogens (tertiary/aromatic N) is 1. The zero-order chi connectivity index (χ0) is 17.6. The summed E-state index contributed by atoms with van der Waals surface area (Å²) in [5.74, 6) is 1.77. The molecule has 10 heteroatoms. The maximum Gasteiger partial charge on any atom is 0.238 e. The van der Waals surface area contributed by atoms with Crippen LogP contribution in [-0.2, 0) is 14.8 Å². The first-order chi connectivity index (χ1) is 11.4. The van der Waals surface area contributed by atoms with Crippen LogP contribution in [0, 0.1) is 0 Å². The van der Waals surface area contributed by atoms with Gasteiger partial charge in [-0.05, 0) is 37.1 Å². The number of halogens is 1. The molecule has 1 heterocycles. The van der Waals surface area contributed by atoms with Crippen molar-refractivity contribution in [1.82, 2.24) is 4.90 Å². The number of hydrogen-bond acceptors (Lipinski definition) is 6. The number of primary sulfonamides is 1. The van der Waals surface area contributed by atoms with E-state index in [0.29, 0.717) is 30.4 Å². The van der Waals surface area contributed by atoms with Gasteiger partial charge in [0.1, 0.15) is 5.75 Å². The van der Waals surface area contributed by atoms with Crippen LogP contribution in [0.2, 0.25) is 0 Å². The minimum Gasteiger partial charge on any atom is -0.493 e. The maximum atomic E-state index is 12.0. The number of carbonyl (C=O) groups is 1. The van der Waals surface area contributed by atoms with Gasteiger partial charge in [0.2, 0.25) is 15.9 Å². The average Bonchev–Trinajstić information content (AvgIpc) is 2.54. The topological polar surface area (TPSA) is 116 Å². The molecular weight excluding hydrogens is 386 g/mol. The lowest BCUT2D eigenvalue weighted by Crippen LogP contribution is -2.46. The van der Waals surface area contributed by atoms with Gasteiger partial charge in [0.05, 0.1) is 17.3 Å². The molecule has 1 fully saturated rings. The molecule has 1 unspecified atom stereocenters. The molecule has 0 aliphatic carbocycles. The van der Waals surface area contributed by atoms with Gasteiger partial charge in [-0.3, -0.25) is 4.79 Å². The molecule has 2 rings (SSSR count). The number of piperidine rings is 1. The molecule has 25 heavy (non-hydrogen) atoms. The van der Waals surface area contributed by atoms with E-state index in [2.05, 4.69) is 0 Å². The van der Waals surface area contributed by atoms with Gasteiger partial charge >= 0.3 is 0 Å². The van der Waals surface area contributed by atoms with E-state index in [-0.39, 0.29) is 29.3 Å². The average molecular weight is 410 g/mol. The molecule has 0 saturated carbocycles. The smallest absolute Gasteiger partial charge is 0.238 e. The van der Waals surface area contributed by atoms with Crippen LogP contribution in [0.1, 0.15) is 12.8 Å². The molecule has 0 radical (unpaired) electrons. The molecule has 1 aliphatic heterocycles. The SMILES string of the molecule is Cl.NC1CCCN(C(=O)CSCCOc2ccc(S(N)(=O)=O)cc2)C1. The number of amides is 1. The van der Waals surface area contributed by atoms with E-state index in [9.17, 15) is 13.2 Å². The number of nitrogens with two attached hydrogens (primary N) is 2. The lowest BCUT2D eigenvalue weighted by atomic mass is 10.1. The van der Waals surface area contributed by atoms with Gasteiger partial charge in [0, 0.05) is 24.9 Å². The molecule has 1 aromatic carbocycles. The highest BCUT2D eigenvalue weighted by atomic mass is 35.5. The summed E-state index contributed by atoms with van der Waals surface area (Å²) in [4.78, 5) is 13.9. The Kier molecular flexibility index (Phi) is 9.01. The Morgan fingerprint density at radius 1 is 1.32 bits per heavy atom. The molecule has 4 N–H and O–H groups in total. The monoisotopic (exact) mass is 409 g/mol. The molecule has 0 aromatic heterocycles. The first kappa shape index (κ1) is 22.0. The summed E-state index contributed by atoms with van der Waals surface area (Å²) in [5, 5.41) is 5.03. The zero-order valence-corrected chi connectivity index (χ0v) is 16.2. The summed E-state index contributed by atoms with van der Waals surface area (Å²) >= 11 is 1.51. The van der Waals surface area contributed by atoms with Gasteiger partial charge in [-0.1, -0.05) is 0 Å². The molecule has 0 bridgehead atoms. The van der Waals surface area contributed by atoms with E-state index >= 15 is 0 Å².